The Hall–Kier alpha value is -4.53. The minimum absolute atomic E-state index is 0.00304. The summed E-state index contributed by atoms with van der Waals surface area (Å²) in [5.74, 6) is 0.579. The molecule has 5 rings (SSSR count). The number of amides is 1. The summed E-state index contributed by atoms with van der Waals surface area (Å²) in [6.45, 7) is 4.02. The predicted molar refractivity (Wildman–Crippen MR) is 203 cm³/mol. The molecule has 4 aromatic carbocycles. The molecule has 1 aliphatic heterocycles. The van der Waals surface area contributed by atoms with E-state index >= 15 is 0 Å². The number of halogens is 1. The molecular weight excluding hydrogens is 708 g/mol. The van der Waals surface area contributed by atoms with Crippen molar-refractivity contribution in [1.82, 2.24) is 10.2 Å². The van der Waals surface area contributed by atoms with E-state index in [-0.39, 0.29) is 34.9 Å². The lowest BCUT2D eigenvalue weighted by Gasteiger charge is -2.31. The van der Waals surface area contributed by atoms with E-state index in [1.54, 1.807) is 24.3 Å². The molecule has 0 saturated carbocycles. The average molecular weight is 753 g/mol. The van der Waals surface area contributed by atoms with Crippen LogP contribution in [0.5, 0.6) is 17.2 Å². The SMILES string of the molecule is CS(=O)(=O)Nc1cc([C@@H](O)CNCCc2ccc(OCCCN3CCC(OC(=O)Nc4ccccc4-c4ccc(O)c(Cl)c4)CC3)cc2)ccc1O. The van der Waals surface area contributed by atoms with Gasteiger partial charge < -0.3 is 35.0 Å². The van der Waals surface area contributed by atoms with Crippen molar-refractivity contribution in [3.05, 3.63) is 101 Å². The number of phenols is 2. The molecule has 6 N–H and O–H groups in total. The lowest BCUT2D eigenvalue weighted by atomic mass is 10.0. The fraction of sp³-hybridized carbons (Fsp3) is 0.342. The van der Waals surface area contributed by atoms with Gasteiger partial charge in [0.2, 0.25) is 10.0 Å². The first-order valence-corrected chi connectivity index (χ1v) is 19.4. The highest BCUT2D eigenvalue weighted by Crippen LogP contribution is 2.33. The topological polar surface area (TPSA) is 170 Å². The smallest absolute Gasteiger partial charge is 0.411 e. The second-order valence-corrected chi connectivity index (χ2v) is 14.9. The first-order valence-electron chi connectivity index (χ1n) is 17.1. The maximum Gasteiger partial charge on any atom is 0.411 e. The fourth-order valence-corrected chi connectivity index (χ4v) is 6.67. The van der Waals surface area contributed by atoms with Crippen LogP contribution in [-0.2, 0) is 21.2 Å². The van der Waals surface area contributed by atoms with Gasteiger partial charge in [0.15, 0.2) is 0 Å². The maximum absolute atomic E-state index is 12.8. The van der Waals surface area contributed by atoms with Gasteiger partial charge in [-0.05, 0) is 91.4 Å². The van der Waals surface area contributed by atoms with Crippen LogP contribution in [0.1, 0.15) is 36.5 Å². The van der Waals surface area contributed by atoms with Crippen LogP contribution in [-0.4, -0.2) is 86.4 Å². The molecule has 1 atom stereocenters. The van der Waals surface area contributed by atoms with Gasteiger partial charge in [-0.2, -0.15) is 0 Å². The number of aliphatic hydroxyl groups excluding tert-OH is 1. The van der Waals surface area contributed by atoms with Gasteiger partial charge in [-0.25, -0.2) is 13.2 Å². The third kappa shape index (κ3) is 11.8. The lowest BCUT2D eigenvalue weighted by Crippen LogP contribution is -2.39. The van der Waals surface area contributed by atoms with E-state index in [0.717, 1.165) is 74.0 Å². The number of carbonyl (C=O) groups excluding carboxylic acids is 1. The molecule has 14 heteroatoms. The molecule has 1 saturated heterocycles. The zero-order chi connectivity index (χ0) is 37.1. The summed E-state index contributed by atoms with van der Waals surface area (Å²) < 4.78 is 37.0. The monoisotopic (exact) mass is 752 g/mol. The number of hydrogen-bond acceptors (Lipinski definition) is 10. The van der Waals surface area contributed by atoms with E-state index in [1.807, 2.05) is 42.5 Å². The number of carbonyl (C=O) groups is 1. The molecule has 1 fully saturated rings. The molecule has 1 aliphatic rings. The Morgan fingerprint density at radius 2 is 1.69 bits per heavy atom. The Labute approximate surface area is 309 Å². The number of aliphatic hydroxyl groups is 1. The van der Waals surface area contributed by atoms with Crippen LogP contribution in [0.4, 0.5) is 16.2 Å². The van der Waals surface area contributed by atoms with E-state index in [2.05, 4.69) is 20.3 Å². The highest BCUT2D eigenvalue weighted by Gasteiger charge is 2.23. The molecule has 278 valence electrons. The summed E-state index contributed by atoms with van der Waals surface area (Å²) in [4.78, 5) is 15.1. The van der Waals surface area contributed by atoms with Gasteiger partial charge in [0.25, 0.3) is 0 Å². The number of anilines is 2. The number of rotatable bonds is 16. The minimum Gasteiger partial charge on any atom is -0.506 e. The minimum atomic E-state index is -3.57. The van der Waals surface area contributed by atoms with Crippen LogP contribution in [0.25, 0.3) is 11.1 Å². The molecule has 4 aromatic rings. The van der Waals surface area contributed by atoms with Crippen LogP contribution in [0.3, 0.4) is 0 Å². The normalized spacial score (nSPS) is 14.4. The number of sulfonamides is 1. The highest BCUT2D eigenvalue weighted by atomic mass is 35.5. The number of aromatic hydroxyl groups is 2. The molecular formula is C38H45ClN4O8S. The van der Waals surface area contributed by atoms with Crippen molar-refractivity contribution in [2.75, 3.05) is 55.6 Å². The summed E-state index contributed by atoms with van der Waals surface area (Å²) in [5.41, 5.74) is 3.76. The first kappa shape index (κ1) is 38.7. The Kier molecular flexibility index (Phi) is 13.6. The molecule has 12 nitrogen and oxygen atoms in total. The number of hydrogen-bond donors (Lipinski definition) is 6. The zero-order valence-corrected chi connectivity index (χ0v) is 30.5. The van der Waals surface area contributed by atoms with Crippen molar-refractivity contribution >= 4 is 39.1 Å². The molecule has 0 aromatic heterocycles. The standard InChI is InChI=1S/C38H45ClN4O8S/c1-52(48,49)42-34-24-28(10-14-36(34)45)37(46)25-40-18-15-26-7-11-29(12-8-26)50-22-4-19-43-20-16-30(17-21-43)51-38(47)41-33-6-3-2-5-31(33)27-9-13-35(44)32(39)23-27/h2-3,5-14,23-24,30,37,40,42,44-46H,4,15-22,25H2,1H3,(H,41,47)/t37-/m0/s1. The summed E-state index contributed by atoms with van der Waals surface area (Å²) >= 11 is 6.09. The van der Waals surface area contributed by atoms with Crippen molar-refractivity contribution < 1.29 is 38.0 Å². The number of benzene rings is 4. The third-order valence-electron chi connectivity index (χ3n) is 8.67. The van der Waals surface area contributed by atoms with Crippen molar-refractivity contribution in [3.63, 3.8) is 0 Å². The summed E-state index contributed by atoms with van der Waals surface area (Å²) in [5, 5.41) is 36.5. The highest BCUT2D eigenvalue weighted by molar-refractivity contribution is 7.92. The van der Waals surface area contributed by atoms with E-state index in [9.17, 15) is 28.5 Å². The average Bonchev–Trinajstić information content (AvgIpc) is 3.11. The van der Waals surface area contributed by atoms with Gasteiger partial charge in [0.05, 0.1) is 35.4 Å². The van der Waals surface area contributed by atoms with Crippen LogP contribution in [0.2, 0.25) is 5.02 Å². The molecule has 0 aliphatic carbocycles. The van der Waals surface area contributed by atoms with E-state index < -0.39 is 22.2 Å². The van der Waals surface area contributed by atoms with Crippen LogP contribution in [0.15, 0.2) is 84.9 Å². The van der Waals surface area contributed by atoms with Gasteiger partial charge in [-0.15, -0.1) is 0 Å². The predicted octanol–water partition coefficient (Wildman–Crippen LogP) is 6.14. The molecule has 1 amide bonds. The number of piperidine rings is 1. The summed E-state index contributed by atoms with van der Waals surface area (Å²) in [6, 6.07) is 24.5. The van der Waals surface area contributed by atoms with E-state index in [1.165, 1.54) is 18.2 Å². The van der Waals surface area contributed by atoms with Crippen molar-refractivity contribution in [2.45, 2.75) is 37.9 Å². The van der Waals surface area contributed by atoms with Crippen molar-refractivity contribution in [1.29, 1.82) is 0 Å². The number of nitrogens with one attached hydrogen (secondary N) is 3. The molecule has 0 radical (unpaired) electrons. The molecule has 1 heterocycles. The Bertz CT molecular complexity index is 1900. The molecule has 0 unspecified atom stereocenters. The Morgan fingerprint density at radius 1 is 0.962 bits per heavy atom. The third-order valence-corrected chi connectivity index (χ3v) is 9.56. The Balaban J connectivity index is 0.947. The van der Waals surface area contributed by atoms with Crippen molar-refractivity contribution in [2.24, 2.45) is 0 Å². The van der Waals surface area contributed by atoms with Gasteiger partial charge >= 0.3 is 6.09 Å². The Morgan fingerprint density at radius 3 is 2.42 bits per heavy atom. The van der Waals surface area contributed by atoms with Gasteiger partial charge in [-0.3, -0.25) is 10.0 Å². The van der Waals surface area contributed by atoms with Gasteiger partial charge in [-0.1, -0.05) is 54.1 Å². The molecule has 0 spiro atoms. The lowest BCUT2D eigenvalue weighted by molar-refractivity contribution is 0.0575. The van der Waals surface area contributed by atoms with Gasteiger partial charge in [0.1, 0.15) is 23.4 Å². The summed E-state index contributed by atoms with van der Waals surface area (Å²) in [6.07, 6.45) is 2.55. The number of para-hydroxylation sites is 1. The number of nitrogens with zero attached hydrogens (tertiary/aromatic N) is 1. The summed E-state index contributed by atoms with van der Waals surface area (Å²) in [7, 11) is -3.57. The maximum atomic E-state index is 12.8. The largest absolute Gasteiger partial charge is 0.506 e. The molecule has 0 bridgehead atoms. The fourth-order valence-electron chi connectivity index (χ4n) is 5.92. The van der Waals surface area contributed by atoms with Crippen LogP contribution < -0.4 is 20.1 Å². The zero-order valence-electron chi connectivity index (χ0n) is 28.9. The number of likely N-dealkylation sites (tertiary alicyclic amines) is 1. The number of ether oxygens (including phenoxy) is 2. The second-order valence-electron chi connectivity index (χ2n) is 12.7. The second kappa shape index (κ2) is 18.3. The first-order chi connectivity index (χ1) is 24.9. The van der Waals surface area contributed by atoms with E-state index in [0.29, 0.717) is 24.4 Å². The van der Waals surface area contributed by atoms with E-state index in [4.69, 9.17) is 21.1 Å². The van der Waals surface area contributed by atoms with Crippen molar-refractivity contribution in [3.8, 4) is 28.4 Å². The number of phenolic OH excluding ortho intramolecular Hbond substituents is 2. The van der Waals surface area contributed by atoms with Gasteiger partial charge in [0, 0.05) is 31.7 Å². The quantitative estimate of drug-likeness (QED) is 0.0578. The molecule has 52 heavy (non-hydrogen) atoms. The van der Waals surface area contributed by atoms with Crippen LogP contribution in [0, 0.1) is 0 Å². The van der Waals surface area contributed by atoms with Crippen LogP contribution >= 0.6 is 11.6 Å².